The molecular formula is C29H28ClFN4O2S. The van der Waals surface area contributed by atoms with Crippen LogP contribution in [-0.4, -0.2) is 45.0 Å². The third-order valence-electron chi connectivity index (χ3n) is 8.75. The van der Waals surface area contributed by atoms with Gasteiger partial charge in [-0.1, -0.05) is 25.4 Å². The largest absolute Gasteiger partial charge is 0.343 e. The Bertz CT molecular complexity index is 1610. The fourth-order valence-corrected chi connectivity index (χ4v) is 8.00. The first kappa shape index (κ1) is 24.2. The van der Waals surface area contributed by atoms with Crippen molar-refractivity contribution in [1.29, 1.82) is 0 Å². The number of aromatic nitrogens is 2. The number of hydrogen-bond donors (Lipinski definition) is 1. The van der Waals surface area contributed by atoms with Crippen molar-refractivity contribution in [2.24, 2.45) is 17.3 Å². The number of halogens is 2. The van der Waals surface area contributed by atoms with Crippen molar-refractivity contribution in [3.63, 3.8) is 0 Å². The number of carbonyl (C=O) groups is 2. The van der Waals surface area contributed by atoms with Crippen LogP contribution in [0.4, 0.5) is 4.39 Å². The van der Waals surface area contributed by atoms with E-state index in [9.17, 15) is 9.59 Å². The number of fused-ring (bicyclic) bond motifs is 3. The SMILES string of the molecule is CC1(C)C2C(=O)N(Cc3cc4nccc(-c5cc(Cl)c6c(ccn6CC6(F)CCNCC6)c5)c4s3)C(=O)C21. The maximum atomic E-state index is 15.4. The number of imide groups is 1. The predicted molar refractivity (Wildman–Crippen MR) is 148 cm³/mol. The molecule has 2 unspecified atom stereocenters. The second-order valence-electron chi connectivity index (χ2n) is 11.6. The second-order valence-corrected chi connectivity index (χ2v) is 13.1. The fraction of sp³-hybridized carbons (Fsp3) is 0.414. The molecule has 3 fully saturated rings. The zero-order valence-electron chi connectivity index (χ0n) is 21.3. The fourth-order valence-electron chi connectivity index (χ4n) is 6.53. The molecule has 2 aliphatic heterocycles. The lowest BCUT2D eigenvalue weighted by Gasteiger charge is -2.30. The van der Waals surface area contributed by atoms with Crippen LogP contribution in [0, 0.1) is 17.3 Å². The number of piperidine rings is 2. The van der Waals surface area contributed by atoms with Crippen LogP contribution in [0.25, 0.3) is 32.2 Å². The first-order valence-electron chi connectivity index (χ1n) is 13.1. The molecule has 0 bridgehead atoms. The van der Waals surface area contributed by atoms with Gasteiger partial charge in [0.05, 0.1) is 45.7 Å². The van der Waals surface area contributed by atoms with Gasteiger partial charge in [0.1, 0.15) is 5.67 Å². The molecule has 9 heteroatoms. The van der Waals surface area contributed by atoms with Crippen LogP contribution in [0.3, 0.4) is 0 Å². The summed E-state index contributed by atoms with van der Waals surface area (Å²) in [6, 6.07) is 9.94. The monoisotopic (exact) mass is 550 g/mol. The van der Waals surface area contributed by atoms with Crippen LogP contribution in [0.2, 0.25) is 5.02 Å². The van der Waals surface area contributed by atoms with Gasteiger partial charge >= 0.3 is 0 Å². The summed E-state index contributed by atoms with van der Waals surface area (Å²) in [5.41, 5.74) is 2.16. The van der Waals surface area contributed by atoms with Gasteiger partial charge in [0.2, 0.25) is 11.8 Å². The third-order valence-corrected chi connectivity index (χ3v) is 10.2. The van der Waals surface area contributed by atoms with Crippen molar-refractivity contribution in [2.45, 2.75) is 45.4 Å². The number of likely N-dealkylation sites (tertiary alicyclic amines) is 1. The highest BCUT2D eigenvalue weighted by Crippen LogP contribution is 2.63. The standard InChI is InChI=1S/C29H28ClFN4O2S/c1-28(2)22-23(28)27(37)35(26(22)36)14-18-13-21-25(38-18)19(3-7-33-21)17-11-16-4-10-34(24(16)20(30)12-17)15-29(31)5-8-32-9-6-29/h3-4,7,10-13,22-23,32H,5-6,8-9,14-15H2,1-2H3. The maximum Gasteiger partial charge on any atom is 0.234 e. The number of nitrogens with zero attached hydrogens (tertiary/aromatic N) is 3. The minimum atomic E-state index is -1.24. The smallest absolute Gasteiger partial charge is 0.234 e. The molecule has 1 aliphatic carbocycles. The number of amides is 2. The van der Waals surface area contributed by atoms with Crippen molar-refractivity contribution in [1.82, 2.24) is 19.8 Å². The van der Waals surface area contributed by atoms with Gasteiger partial charge in [0.25, 0.3) is 0 Å². The number of pyridine rings is 1. The molecule has 2 saturated heterocycles. The van der Waals surface area contributed by atoms with Crippen molar-refractivity contribution >= 4 is 55.9 Å². The zero-order valence-corrected chi connectivity index (χ0v) is 22.8. The van der Waals surface area contributed by atoms with Crippen LogP contribution in [-0.2, 0) is 22.7 Å². The van der Waals surface area contributed by atoms with Gasteiger partial charge in [-0.3, -0.25) is 19.5 Å². The van der Waals surface area contributed by atoms with E-state index in [1.807, 2.05) is 48.9 Å². The first-order valence-corrected chi connectivity index (χ1v) is 14.3. The molecule has 1 saturated carbocycles. The van der Waals surface area contributed by atoms with Crippen LogP contribution in [0.15, 0.2) is 42.7 Å². The summed E-state index contributed by atoms with van der Waals surface area (Å²) in [5.74, 6) is -0.476. The molecule has 1 N–H and O–H groups in total. The Morgan fingerprint density at radius 3 is 2.61 bits per heavy atom. The molecule has 6 nitrogen and oxygen atoms in total. The van der Waals surface area contributed by atoms with Crippen molar-refractivity contribution < 1.29 is 14.0 Å². The minimum Gasteiger partial charge on any atom is -0.343 e. The normalized spacial score (nSPS) is 23.9. The summed E-state index contributed by atoms with van der Waals surface area (Å²) in [6.07, 6.45) is 4.67. The van der Waals surface area contributed by atoms with Crippen LogP contribution >= 0.6 is 22.9 Å². The Morgan fingerprint density at radius 1 is 1.13 bits per heavy atom. The number of benzene rings is 1. The summed E-state index contributed by atoms with van der Waals surface area (Å²) in [5, 5.41) is 4.77. The van der Waals surface area contributed by atoms with Crippen molar-refractivity contribution in [3.8, 4) is 11.1 Å². The van der Waals surface area contributed by atoms with Gasteiger partial charge in [-0.05, 0) is 67.2 Å². The highest BCUT2D eigenvalue weighted by Gasteiger charge is 2.72. The first-order chi connectivity index (χ1) is 18.2. The maximum absolute atomic E-state index is 15.4. The lowest BCUT2D eigenvalue weighted by molar-refractivity contribution is -0.143. The highest BCUT2D eigenvalue weighted by atomic mass is 35.5. The number of rotatable bonds is 5. The van der Waals surface area contributed by atoms with Gasteiger partial charge in [-0.25, -0.2) is 4.39 Å². The zero-order chi connectivity index (χ0) is 26.4. The highest BCUT2D eigenvalue weighted by molar-refractivity contribution is 7.19. The van der Waals surface area contributed by atoms with E-state index in [0.29, 0.717) is 31.0 Å². The third kappa shape index (κ3) is 3.64. The number of carbonyl (C=O) groups excluding carboxylic acids is 2. The molecule has 3 aliphatic rings. The number of nitrogens with one attached hydrogen (secondary N) is 1. The van der Waals surface area contributed by atoms with E-state index < -0.39 is 5.67 Å². The minimum absolute atomic E-state index is 0.0584. The number of hydrogen-bond acceptors (Lipinski definition) is 5. The van der Waals surface area contributed by atoms with E-state index in [0.717, 1.165) is 37.1 Å². The summed E-state index contributed by atoms with van der Waals surface area (Å²) in [7, 11) is 0. The topological polar surface area (TPSA) is 67.2 Å². The van der Waals surface area contributed by atoms with E-state index in [1.165, 1.54) is 4.90 Å². The lowest BCUT2D eigenvalue weighted by Crippen LogP contribution is -2.41. The number of thiophene rings is 1. The Kier molecular flexibility index (Phi) is 5.32. The van der Waals surface area contributed by atoms with Gasteiger partial charge in [-0.2, -0.15) is 0 Å². The molecule has 2 atom stereocenters. The lowest BCUT2D eigenvalue weighted by atomic mass is 9.94. The van der Waals surface area contributed by atoms with E-state index in [-0.39, 0.29) is 42.2 Å². The van der Waals surface area contributed by atoms with Crippen molar-refractivity contribution in [2.75, 3.05) is 13.1 Å². The van der Waals surface area contributed by atoms with E-state index in [1.54, 1.807) is 17.5 Å². The molecule has 5 heterocycles. The molecule has 0 radical (unpaired) electrons. The Balaban J connectivity index is 1.20. The molecule has 4 aromatic rings. The summed E-state index contributed by atoms with van der Waals surface area (Å²) >= 11 is 8.37. The quantitative estimate of drug-likeness (QED) is 0.319. The molecule has 7 rings (SSSR count). The van der Waals surface area contributed by atoms with Gasteiger partial charge in [0, 0.05) is 28.2 Å². The molecule has 196 valence electrons. The van der Waals surface area contributed by atoms with E-state index in [2.05, 4.69) is 16.4 Å². The Hall–Kier alpha value is -2.81. The molecular weight excluding hydrogens is 523 g/mol. The average molecular weight is 551 g/mol. The summed E-state index contributed by atoms with van der Waals surface area (Å²) in [6.45, 7) is 5.93. The van der Waals surface area contributed by atoms with Crippen LogP contribution in [0.5, 0.6) is 0 Å². The van der Waals surface area contributed by atoms with Crippen molar-refractivity contribution in [3.05, 3.63) is 52.6 Å². The molecule has 38 heavy (non-hydrogen) atoms. The van der Waals surface area contributed by atoms with E-state index in [4.69, 9.17) is 11.6 Å². The molecule has 1 aromatic carbocycles. The average Bonchev–Trinajstić information content (AvgIpc) is 3.23. The van der Waals surface area contributed by atoms with Gasteiger partial charge in [-0.15, -0.1) is 11.3 Å². The number of alkyl halides is 1. The van der Waals surface area contributed by atoms with Crippen LogP contribution in [0.1, 0.15) is 31.6 Å². The van der Waals surface area contributed by atoms with Gasteiger partial charge < -0.3 is 9.88 Å². The van der Waals surface area contributed by atoms with Gasteiger partial charge in [0.15, 0.2) is 0 Å². The van der Waals surface area contributed by atoms with Crippen LogP contribution < -0.4 is 5.32 Å². The second kappa shape index (κ2) is 8.34. The Morgan fingerprint density at radius 2 is 1.87 bits per heavy atom. The molecule has 0 spiro atoms. The predicted octanol–water partition coefficient (Wildman–Crippen LogP) is 5.80. The summed E-state index contributed by atoms with van der Waals surface area (Å²) in [4.78, 5) is 32.6. The van der Waals surface area contributed by atoms with E-state index >= 15 is 4.39 Å². The molecule has 3 aromatic heterocycles. The Labute approximate surface area is 228 Å². The summed E-state index contributed by atoms with van der Waals surface area (Å²) < 4.78 is 18.3. The molecule has 2 amide bonds.